The number of ether oxygens (including phenoxy) is 1. The molecule has 25 heavy (non-hydrogen) atoms. The summed E-state index contributed by atoms with van der Waals surface area (Å²) >= 11 is 0. The van der Waals surface area contributed by atoms with E-state index in [1.807, 2.05) is 6.92 Å². The summed E-state index contributed by atoms with van der Waals surface area (Å²) < 4.78 is 31.9. The van der Waals surface area contributed by atoms with Crippen molar-refractivity contribution < 1.29 is 17.9 Å². The Labute approximate surface area is 145 Å². The molecule has 1 heterocycles. The normalized spacial score (nSPS) is 12.3. The molecule has 0 bridgehead atoms. The lowest BCUT2D eigenvalue weighted by atomic mass is 10.2. The van der Waals surface area contributed by atoms with Gasteiger partial charge in [-0.2, -0.15) is 5.10 Å². The average molecular weight is 368 g/mol. The largest absolute Gasteiger partial charge is 0.495 e. The molecule has 1 aromatic carbocycles. The van der Waals surface area contributed by atoms with Crippen LogP contribution >= 0.6 is 0 Å². The molecular weight excluding hydrogens is 348 g/mol. The predicted octanol–water partition coefficient (Wildman–Crippen LogP) is 0.868. The van der Waals surface area contributed by atoms with Gasteiger partial charge in [0.25, 0.3) is 0 Å². The first-order chi connectivity index (χ1) is 11.8. The SMILES string of the molecule is COc1ccc(NC(=O)NC(C)Cn2cncn2)cc1NS(C)(=O)=O. The van der Waals surface area contributed by atoms with Crippen molar-refractivity contribution in [1.82, 2.24) is 20.1 Å². The maximum absolute atomic E-state index is 12.1. The van der Waals surface area contributed by atoms with E-state index in [2.05, 4.69) is 25.4 Å². The summed E-state index contributed by atoms with van der Waals surface area (Å²) in [5.74, 6) is 0.343. The fourth-order valence-electron chi connectivity index (χ4n) is 2.11. The number of rotatable bonds is 7. The molecule has 11 heteroatoms. The number of carbonyl (C=O) groups is 1. The Morgan fingerprint density at radius 3 is 2.76 bits per heavy atom. The molecule has 3 N–H and O–H groups in total. The maximum atomic E-state index is 12.1. The summed E-state index contributed by atoms with van der Waals surface area (Å²) in [6, 6.07) is 4.02. The van der Waals surface area contributed by atoms with Crippen LogP contribution in [0.3, 0.4) is 0 Å². The minimum atomic E-state index is -3.48. The van der Waals surface area contributed by atoms with Crippen LogP contribution in [-0.2, 0) is 16.6 Å². The quantitative estimate of drug-likeness (QED) is 0.665. The topological polar surface area (TPSA) is 127 Å². The van der Waals surface area contributed by atoms with Gasteiger partial charge in [-0.1, -0.05) is 0 Å². The lowest BCUT2D eigenvalue weighted by Crippen LogP contribution is -2.38. The number of sulfonamides is 1. The minimum Gasteiger partial charge on any atom is -0.495 e. The van der Waals surface area contributed by atoms with Crippen molar-refractivity contribution in [1.29, 1.82) is 0 Å². The molecule has 10 nitrogen and oxygen atoms in total. The van der Waals surface area contributed by atoms with E-state index in [1.165, 1.54) is 19.5 Å². The van der Waals surface area contributed by atoms with Crippen molar-refractivity contribution in [3.05, 3.63) is 30.9 Å². The van der Waals surface area contributed by atoms with Crippen molar-refractivity contribution in [3.63, 3.8) is 0 Å². The Morgan fingerprint density at radius 1 is 1.40 bits per heavy atom. The highest BCUT2D eigenvalue weighted by Crippen LogP contribution is 2.28. The molecule has 2 rings (SSSR count). The van der Waals surface area contributed by atoms with E-state index in [0.29, 0.717) is 18.0 Å². The van der Waals surface area contributed by atoms with Crippen LogP contribution in [0.15, 0.2) is 30.9 Å². The van der Waals surface area contributed by atoms with Crippen molar-refractivity contribution >= 4 is 27.4 Å². The second-order valence-corrected chi connectivity index (χ2v) is 7.15. The monoisotopic (exact) mass is 368 g/mol. The van der Waals surface area contributed by atoms with Crippen LogP contribution in [0.2, 0.25) is 0 Å². The van der Waals surface area contributed by atoms with Crippen molar-refractivity contribution in [2.24, 2.45) is 0 Å². The molecule has 1 atom stereocenters. The molecule has 2 aromatic rings. The Balaban J connectivity index is 2.01. The van der Waals surface area contributed by atoms with E-state index in [0.717, 1.165) is 6.26 Å². The van der Waals surface area contributed by atoms with Crippen LogP contribution < -0.4 is 20.1 Å². The molecule has 0 radical (unpaired) electrons. The number of urea groups is 1. The fourth-order valence-corrected chi connectivity index (χ4v) is 2.67. The molecule has 0 aliphatic rings. The van der Waals surface area contributed by atoms with Crippen LogP contribution in [0.4, 0.5) is 16.2 Å². The van der Waals surface area contributed by atoms with Gasteiger partial charge in [-0.3, -0.25) is 9.40 Å². The van der Waals surface area contributed by atoms with E-state index < -0.39 is 16.1 Å². The van der Waals surface area contributed by atoms with Crippen molar-refractivity contribution in [3.8, 4) is 5.75 Å². The average Bonchev–Trinajstić information content (AvgIpc) is 2.98. The van der Waals surface area contributed by atoms with Crippen LogP contribution in [0, 0.1) is 0 Å². The number of anilines is 2. The van der Waals surface area contributed by atoms with Crippen molar-refractivity contribution in [2.75, 3.05) is 23.4 Å². The highest BCUT2D eigenvalue weighted by molar-refractivity contribution is 7.92. The fraction of sp³-hybridized carbons (Fsp3) is 0.357. The van der Waals surface area contributed by atoms with Gasteiger partial charge in [0.15, 0.2) is 0 Å². The van der Waals surface area contributed by atoms with Gasteiger partial charge in [0, 0.05) is 11.7 Å². The Kier molecular flexibility index (Phi) is 5.80. The first kappa shape index (κ1) is 18.5. The minimum absolute atomic E-state index is 0.187. The number of nitrogens with zero attached hydrogens (tertiary/aromatic N) is 3. The predicted molar refractivity (Wildman–Crippen MR) is 93.1 cm³/mol. The van der Waals surface area contributed by atoms with Gasteiger partial charge in [0.1, 0.15) is 18.4 Å². The van der Waals surface area contributed by atoms with Gasteiger partial charge in [-0.05, 0) is 25.1 Å². The van der Waals surface area contributed by atoms with E-state index in [9.17, 15) is 13.2 Å². The summed E-state index contributed by atoms with van der Waals surface area (Å²) in [6.45, 7) is 2.29. The molecule has 1 aromatic heterocycles. The van der Waals surface area contributed by atoms with Gasteiger partial charge in [0.05, 0.1) is 25.6 Å². The van der Waals surface area contributed by atoms with Crippen LogP contribution in [-0.4, -0.2) is 48.6 Å². The Morgan fingerprint density at radius 2 is 2.16 bits per heavy atom. The zero-order valence-corrected chi connectivity index (χ0v) is 14.9. The van der Waals surface area contributed by atoms with Gasteiger partial charge in [-0.25, -0.2) is 18.2 Å². The summed E-state index contributed by atoms with van der Waals surface area (Å²) in [5, 5.41) is 9.37. The molecule has 1 unspecified atom stereocenters. The molecular formula is C14H20N6O4S. The first-order valence-electron chi connectivity index (χ1n) is 7.32. The highest BCUT2D eigenvalue weighted by atomic mass is 32.2. The number of hydrogen-bond donors (Lipinski definition) is 3. The maximum Gasteiger partial charge on any atom is 0.319 e. The third kappa shape index (κ3) is 5.95. The van der Waals surface area contributed by atoms with Crippen LogP contribution in [0.25, 0.3) is 0 Å². The standard InChI is InChI=1S/C14H20N6O4S/c1-10(7-20-9-15-8-16-20)17-14(21)18-11-4-5-13(24-2)12(6-11)19-25(3,22)23/h4-6,8-10,19H,7H2,1-3H3,(H2,17,18,21). The lowest BCUT2D eigenvalue weighted by Gasteiger charge is -2.16. The first-order valence-corrected chi connectivity index (χ1v) is 9.21. The van der Waals surface area contributed by atoms with Gasteiger partial charge in [-0.15, -0.1) is 0 Å². The molecule has 0 aliphatic carbocycles. The molecule has 0 saturated carbocycles. The second kappa shape index (κ2) is 7.83. The molecule has 0 spiro atoms. The molecule has 2 amide bonds. The number of benzene rings is 1. The summed E-state index contributed by atoms with van der Waals surface area (Å²) in [5.41, 5.74) is 0.649. The van der Waals surface area contributed by atoms with Crippen molar-refractivity contribution in [2.45, 2.75) is 19.5 Å². The van der Waals surface area contributed by atoms with Gasteiger partial charge in [0.2, 0.25) is 10.0 Å². The number of nitrogens with one attached hydrogen (secondary N) is 3. The molecule has 0 saturated heterocycles. The Hall–Kier alpha value is -2.82. The highest BCUT2D eigenvalue weighted by Gasteiger charge is 2.12. The molecule has 0 aliphatic heterocycles. The zero-order valence-electron chi connectivity index (χ0n) is 14.1. The number of methoxy groups -OCH3 is 1. The van der Waals surface area contributed by atoms with Gasteiger partial charge < -0.3 is 15.4 Å². The van der Waals surface area contributed by atoms with E-state index in [-0.39, 0.29) is 11.7 Å². The zero-order chi connectivity index (χ0) is 18.4. The van der Waals surface area contributed by atoms with Gasteiger partial charge >= 0.3 is 6.03 Å². The third-order valence-electron chi connectivity index (χ3n) is 3.06. The van der Waals surface area contributed by atoms with E-state index in [4.69, 9.17) is 4.74 Å². The number of hydrogen-bond acceptors (Lipinski definition) is 6. The smallest absolute Gasteiger partial charge is 0.319 e. The number of carbonyl (C=O) groups excluding carboxylic acids is 1. The summed E-state index contributed by atoms with van der Waals surface area (Å²) in [4.78, 5) is 15.9. The summed E-state index contributed by atoms with van der Waals surface area (Å²) in [6.07, 6.45) is 4.01. The Bertz CT molecular complexity index is 822. The van der Waals surface area contributed by atoms with Crippen LogP contribution in [0.5, 0.6) is 5.75 Å². The second-order valence-electron chi connectivity index (χ2n) is 5.41. The van der Waals surface area contributed by atoms with E-state index >= 15 is 0 Å². The number of amides is 2. The molecule has 136 valence electrons. The van der Waals surface area contributed by atoms with Crippen LogP contribution in [0.1, 0.15) is 6.92 Å². The summed E-state index contributed by atoms with van der Waals surface area (Å²) in [7, 11) is -2.05. The number of aromatic nitrogens is 3. The molecule has 0 fully saturated rings. The van der Waals surface area contributed by atoms with E-state index in [1.54, 1.807) is 23.1 Å². The third-order valence-corrected chi connectivity index (χ3v) is 3.65. The lowest BCUT2D eigenvalue weighted by molar-refractivity contribution is 0.247.